The highest BCUT2D eigenvalue weighted by atomic mass is 16.5. The van der Waals surface area contributed by atoms with Crippen LogP contribution in [-0.2, 0) is 23.9 Å². The van der Waals surface area contributed by atoms with E-state index in [1.807, 2.05) is 0 Å². The van der Waals surface area contributed by atoms with E-state index in [9.17, 15) is 19.2 Å². The van der Waals surface area contributed by atoms with Gasteiger partial charge in [-0.2, -0.15) is 10.2 Å². The lowest BCUT2D eigenvalue weighted by atomic mass is 10.2. The Kier molecular flexibility index (Phi) is 18.7. The van der Waals surface area contributed by atoms with Crippen LogP contribution in [0.25, 0.3) is 0 Å². The van der Waals surface area contributed by atoms with Crippen LogP contribution >= 0.6 is 0 Å². The van der Waals surface area contributed by atoms with Crippen LogP contribution in [0.3, 0.4) is 0 Å². The summed E-state index contributed by atoms with van der Waals surface area (Å²) in [6.07, 6.45) is 5.34. The monoisotopic (exact) mass is 442 g/mol. The molecule has 12 heteroatoms. The Balaban J connectivity index is 0. The predicted octanol–water partition coefficient (Wildman–Crippen LogP) is 1.70. The minimum absolute atomic E-state index is 0.0391. The van der Waals surface area contributed by atoms with Crippen molar-refractivity contribution < 1.29 is 39.2 Å². The number of carbonyl (C=O) groups is 4. The Bertz CT molecular complexity index is 699. The highest BCUT2D eigenvalue weighted by molar-refractivity contribution is 6.28. The van der Waals surface area contributed by atoms with Gasteiger partial charge in [0, 0.05) is 25.7 Å². The largest absolute Gasteiger partial charge is 0.511 e. The van der Waals surface area contributed by atoms with E-state index in [0.717, 1.165) is 12.4 Å². The second-order valence-corrected chi connectivity index (χ2v) is 5.66. The number of carboxylic acid groups (broad SMARTS) is 1. The molecule has 0 heterocycles. The van der Waals surface area contributed by atoms with E-state index in [2.05, 4.69) is 25.8 Å². The van der Waals surface area contributed by atoms with Gasteiger partial charge in [0.25, 0.3) is 0 Å². The zero-order chi connectivity index (χ0) is 24.1. The van der Waals surface area contributed by atoms with Gasteiger partial charge in [-0.1, -0.05) is 13.8 Å². The first-order valence-electron chi connectivity index (χ1n) is 9.33. The van der Waals surface area contributed by atoms with Gasteiger partial charge in [-0.15, -0.1) is 0 Å². The number of ketones is 2. The highest BCUT2D eigenvalue weighted by Gasteiger charge is 2.04. The molecule has 0 radical (unpaired) electrons. The third kappa shape index (κ3) is 22.5. The first-order chi connectivity index (χ1) is 14.7. The summed E-state index contributed by atoms with van der Waals surface area (Å²) < 4.78 is 4.38. The molecule has 0 aromatic carbocycles. The molecule has 12 nitrogen and oxygen atoms in total. The molecule has 0 aliphatic rings. The number of hydrogen-bond donors (Lipinski definition) is 5. The van der Waals surface area contributed by atoms with Gasteiger partial charge in [-0.05, 0) is 0 Å². The van der Waals surface area contributed by atoms with Crippen LogP contribution in [0, 0.1) is 0 Å². The van der Waals surface area contributed by atoms with Gasteiger partial charge in [0.1, 0.15) is 11.5 Å². The maximum absolute atomic E-state index is 11.1. The normalized spacial score (nSPS) is 11.6. The molecular weight excluding hydrogens is 412 g/mol. The lowest BCUT2D eigenvalue weighted by Gasteiger charge is -1.96. The number of nitrogens with one attached hydrogen (secondary N) is 2. The van der Waals surface area contributed by atoms with E-state index < -0.39 is 11.9 Å². The summed E-state index contributed by atoms with van der Waals surface area (Å²) >= 11 is 0. The van der Waals surface area contributed by atoms with Crippen LogP contribution in [0.1, 0.15) is 52.4 Å². The number of aliphatic hydroxyl groups excluding tert-OH is 2. The van der Waals surface area contributed by atoms with E-state index in [1.165, 1.54) is 19.5 Å². The van der Waals surface area contributed by atoms with Crippen molar-refractivity contribution in [3.05, 3.63) is 23.9 Å². The molecule has 0 fully saturated rings. The van der Waals surface area contributed by atoms with Gasteiger partial charge in [-0.3, -0.25) is 30.0 Å². The van der Waals surface area contributed by atoms with Crippen molar-refractivity contribution in [1.82, 2.24) is 10.9 Å². The smallest absolute Gasteiger partial charge is 0.305 e. The summed E-state index contributed by atoms with van der Waals surface area (Å²) in [5, 5.41) is 33.3. The minimum Gasteiger partial charge on any atom is -0.511 e. The number of nitrogens with zero attached hydrogens (tertiary/aromatic N) is 2. The molecular formula is C19H30N4O8. The summed E-state index contributed by atoms with van der Waals surface area (Å²) in [6.45, 7) is 3.54. The summed E-state index contributed by atoms with van der Waals surface area (Å²) in [5.74, 6) is -1.87. The number of ether oxygens (including phenoxy) is 1. The van der Waals surface area contributed by atoms with E-state index in [4.69, 9.17) is 15.3 Å². The van der Waals surface area contributed by atoms with E-state index >= 15 is 0 Å². The minimum atomic E-state index is -1.02. The zero-order valence-corrected chi connectivity index (χ0v) is 17.8. The van der Waals surface area contributed by atoms with E-state index in [1.54, 1.807) is 13.8 Å². The Labute approximate surface area is 180 Å². The highest BCUT2D eigenvalue weighted by Crippen LogP contribution is 1.93. The van der Waals surface area contributed by atoms with Crippen LogP contribution in [0.2, 0.25) is 0 Å². The fourth-order valence-corrected chi connectivity index (χ4v) is 1.33. The van der Waals surface area contributed by atoms with Gasteiger partial charge in [0.2, 0.25) is 0 Å². The van der Waals surface area contributed by atoms with Crippen molar-refractivity contribution in [2.45, 2.75) is 52.4 Å². The zero-order valence-electron chi connectivity index (χ0n) is 17.8. The molecule has 0 aromatic rings. The molecule has 0 aromatic heterocycles. The summed E-state index contributed by atoms with van der Waals surface area (Å²) in [5.41, 5.74) is 4.73. The number of esters is 1. The van der Waals surface area contributed by atoms with Gasteiger partial charge < -0.3 is 20.1 Å². The quantitative estimate of drug-likeness (QED) is 0.115. The van der Waals surface area contributed by atoms with Crippen LogP contribution in [0.4, 0.5) is 0 Å². The maximum Gasteiger partial charge on any atom is 0.305 e. The Hall–Kier alpha value is -3.70. The lowest BCUT2D eigenvalue weighted by molar-refractivity contribution is -0.141. The number of Topliss-reactive ketones (excluding diaryl/α,β-unsaturated/α-hetero) is 2. The van der Waals surface area contributed by atoms with E-state index in [-0.39, 0.29) is 48.8 Å². The number of methoxy groups -OCH3 is 1. The summed E-state index contributed by atoms with van der Waals surface area (Å²) in [4.78, 5) is 42.8. The molecule has 0 atom stereocenters. The van der Waals surface area contributed by atoms with Crippen LogP contribution in [0.5, 0.6) is 0 Å². The van der Waals surface area contributed by atoms with Crippen LogP contribution in [-0.4, -0.2) is 58.4 Å². The number of aliphatic hydroxyl groups is 2. The van der Waals surface area contributed by atoms with Crippen LogP contribution < -0.4 is 10.9 Å². The Morgan fingerprint density at radius 2 is 1.19 bits per heavy atom. The molecule has 0 bridgehead atoms. The van der Waals surface area contributed by atoms with Crippen LogP contribution in [0.15, 0.2) is 34.1 Å². The average Bonchev–Trinajstić information content (AvgIpc) is 2.76. The number of carbonyl (C=O) groups excluding carboxylic acids is 3. The Morgan fingerprint density at radius 1 is 0.774 bits per heavy atom. The molecule has 0 aliphatic carbocycles. The predicted molar refractivity (Wildman–Crippen MR) is 113 cm³/mol. The molecule has 0 amide bonds. The van der Waals surface area contributed by atoms with Gasteiger partial charge in [-0.25, -0.2) is 0 Å². The van der Waals surface area contributed by atoms with E-state index in [0.29, 0.717) is 12.8 Å². The SMILES string of the molecule is CCC(O)=CNN=CC(=O)CCC(=O)O.CCC(O)=CNN=CC(=O)CCC(=O)OC. The molecule has 0 rings (SSSR count). The Morgan fingerprint density at radius 3 is 1.55 bits per heavy atom. The second-order valence-electron chi connectivity index (χ2n) is 5.66. The average molecular weight is 442 g/mol. The molecule has 0 saturated heterocycles. The molecule has 5 N–H and O–H groups in total. The molecule has 174 valence electrons. The number of hydrazone groups is 2. The van der Waals surface area contributed by atoms with Crippen molar-refractivity contribution in [2.24, 2.45) is 10.2 Å². The van der Waals surface area contributed by atoms with Crippen molar-refractivity contribution in [1.29, 1.82) is 0 Å². The van der Waals surface area contributed by atoms with Gasteiger partial charge in [0.05, 0.1) is 44.8 Å². The fourth-order valence-electron chi connectivity index (χ4n) is 1.33. The molecule has 0 saturated carbocycles. The topological polar surface area (TPSA) is 187 Å². The number of rotatable bonds is 14. The number of aliphatic carboxylic acids is 1. The second kappa shape index (κ2) is 19.6. The molecule has 0 aliphatic heterocycles. The maximum atomic E-state index is 11.1. The van der Waals surface area contributed by atoms with Gasteiger partial charge >= 0.3 is 11.9 Å². The third-order valence-corrected chi connectivity index (χ3v) is 3.14. The van der Waals surface area contributed by atoms with Gasteiger partial charge in [0.15, 0.2) is 11.6 Å². The first-order valence-corrected chi connectivity index (χ1v) is 9.33. The lowest BCUT2D eigenvalue weighted by Crippen LogP contribution is -2.08. The number of allylic oxidation sites excluding steroid dienone is 2. The molecule has 31 heavy (non-hydrogen) atoms. The third-order valence-electron chi connectivity index (χ3n) is 3.14. The van der Waals surface area contributed by atoms with Crippen molar-refractivity contribution in [3.8, 4) is 0 Å². The number of carboxylic acids is 1. The van der Waals surface area contributed by atoms with Crippen molar-refractivity contribution in [3.63, 3.8) is 0 Å². The first kappa shape index (κ1) is 29.5. The summed E-state index contributed by atoms with van der Waals surface area (Å²) in [6, 6.07) is 0. The fraction of sp³-hybridized carbons (Fsp3) is 0.474. The molecule has 0 unspecified atom stereocenters. The number of hydrogen-bond acceptors (Lipinski definition) is 11. The summed E-state index contributed by atoms with van der Waals surface area (Å²) in [7, 11) is 1.26. The van der Waals surface area contributed by atoms with Crippen molar-refractivity contribution >= 4 is 35.9 Å². The van der Waals surface area contributed by atoms with Crippen molar-refractivity contribution in [2.75, 3.05) is 7.11 Å². The standard InChI is InChI=1S/C10H16N2O4.C9H14N2O4/c1-3-8(13)6-11-12-7-9(14)4-5-10(15)16-2;1-2-7(12)5-10-11-6-8(13)3-4-9(14)15/h6-7,11,13H,3-5H2,1-2H3;5-6,10,12H,2-4H2,1H3,(H,14,15). The molecule has 0 spiro atoms.